The number of nitrogens with one attached hydrogen (secondary N) is 1. The van der Waals surface area contributed by atoms with Gasteiger partial charge in [-0.25, -0.2) is 0 Å². The molecule has 1 saturated heterocycles. The number of aromatic hydroxyl groups is 1. The molecule has 2 fully saturated rings. The van der Waals surface area contributed by atoms with E-state index in [1.165, 1.54) is 0 Å². The first-order chi connectivity index (χ1) is 14.4. The Morgan fingerprint density at radius 1 is 1.30 bits per heavy atom. The number of hydrogen-bond acceptors (Lipinski definition) is 6. The Labute approximate surface area is 175 Å². The van der Waals surface area contributed by atoms with Crippen molar-refractivity contribution in [2.45, 2.75) is 63.1 Å². The number of carbonyl (C=O) groups excluding carboxylic acids is 2. The maximum atomic E-state index is 12.8. The SMILES string of the molecule is C[C@H]1CC(NC(=O)c2cc(C3CC3)on2)CCN1C(=O)[C@@H](N)Cc1ccc(O)cc1. The lowest BCUT2D eigenvalue weighted by molar-refractivity contribution is -0.136. The first-order valence-electron chi connectivity index (χ1n) is 10.5. The summed E-state index contributed by atoms with van der Waals surface area (Å²) >= 11 is 0. The van der Waals surface area contributed by atoms with Crippen molar-refractivity contribution in [1.29, 1.82) is 0 Å². The van der Waals surface area contributed by atoms with E-state index in [-0.39, 0.29) is 29.6 Å². The average Bonchev–Trinajstić information content (AvgIpc) is 3.45. The zero-order valence-electron chi connectivity index (χ0n) is 17.1. The Morgan fingerprint density at radius 2 is 2.03 bits per heavy atom. The number of phenolic OH excluding ortho intramolecular Hbond substituents is 1. The van der Waals surface area contributed by atoms with E-state index in [4.69, 9.17) is 10.3 Å². The lowest BCUT2D eigenvalue weighted by Gasteiger charge is -2.39. The second-order valence-corrected chi connectivity index (χ2v) is 8.44. The lowest BCUT2D eigenvalue weighted by Crippen LogP contribution is -2.55. The maximum absolute atomic E-state index is 12.8. The van der Waals surface area contributed by atoms with Crippen molar-refractivity contribution in [2.75, 3.05) is 6.54 Å². The van der Waals surface area contributed by atoms with E-state index < -0.39 is 6.04 Å². The minimum absolute atomic E-state index is 0.0223. The molecule has 0 radical (unpaired) electrons. The van der Waals surface area contributed by atoms with Crippen molar-refractivity contribution in [2.24, 2.45) is 5.73 Å². The standard InChI is InChI=1S/C22H28N4O4/c1-13-10-16(24-21(28)19-12-20(30-25-19)15-4-5-15)8-9-26(13)22(29)18(23)11-14-2-6-17(27)7-3-14/h2-3,6-7,12-13,15-16,18,27H,4-5,8-11,23H2,1H3,(H,24,28)/t13-,16?,18-/m0/s1. The van der Waals surface area contributed by atoms with Crippen LogP contribution in [0.4, 0.5) is 0 Å². The molecule has 1 unspecified atom stereocenters. The summed E-state index contributed by atoms with van der Waals surface area (Å²) in [6.45, 7) is 2.52. The quantitative estimate of drug-likeness (QED) is 0.667. The Bertz CT molecular complexity index is 906. The van der Waals surface area contributed by atoms with Crippen LogP contribution >= 0.6 is 0 Å². The number of hydrogen-bond donors (Lipinski definition) is 3. The van der Waals surface area contributed by atoms with Gasteiger partial charge in [-0.05, 0) is 56.7 Å². The third-order valence-corrected chi connectivity index (χ3v) is 5.94. The zero-order chi connectivity index (χ0) is 21.3. The third kappa shape index (κ3) is 4.64. The number of likely N-dealkylation sites (tertiary alicyclic amines) is 1. The van der Waals surface area contributed by atoms with E-state index in [1.54, 1.807) is 35.2 Å². The Morgan fingerprint density at radius 3 is 2.70 bits per heavy atom. The van der Waals surface area contributed by atoms with Crippen molar-refractivity contribution in [3.05, 3.63) is 47.3 Å². The van der Waals surface area contributed by atoms with Gasteiger partial charge in [0.15, 0.2) is 5.69 Å². The van der Waals surface area contributed by atoms with Gasteiger partial charge in [-0.1, -0.05) is 17.3 Å². The predicted molar refractivity (Wildman–Crippen MR) is 110 cm³/mol. The molecular weight excluding hydrogens is 384 g/mol. The second kappa shape index (κ2) is 8.47. The fraction of sp³-hybridized carbons (Fsp3) is 0.500. The van der Waals surface area contributed by atoms with E-state index in [1.807, 2.05) is 6.92 Å². The molecule has 160 valence electrons. The Kier molecular flexibility index (Phi) is 5.76. The Hall–Kier alpha value is -2.87. The molecule has 1 aliphatic heterocycles. The number of nitrogens with two attached hydrogens (primary N) is 1. The highest BCUT2D eigenvalue weighted by Crippen LogP contribution is 2.40. The van der Waals surface area contributed by atoms with Gasteiger partial charge in [0, 0.05) is 30.6 Å². The third-order valence-electron chi connectivity index (χ3n) is 5.94. The minimum atomic E-state index is -0.640. The topological polar surface area (TPSA) is 122 Å². The second-order valence-electron chi connectivity index (χ2n) is 8.44. The molecule has 0 bridgehead atoms. The van der Waals surface area contributed by atoms with Gasteiger partial charge in [-0.2, -0.15) is 0 Å². The summed E-state index contributed by atoms with van der Waals surface area (Å²) in [5, 5.41) is 16.3. The molecule has 1 saturated carbocycles. The molecule has 4 N–H and O–H groups in total. The van der Waals surface area contributed by atoms with Crippen molar-refractivity contribution in [1.82, 2.24) is 15.4 Å². The van der Waals surface area contributed by atoms with Crippen LogP contribution in [-0.2, 0) is 11.2 Å². The van der Waals surface area contributed by atoms with Crippen molar-refractivity contribution < 1.29 is 19.2 Å². The van der Waals surface area contributed by atoms with Gasteiger partial charge in [0.25, 0.3) is 5.91 Å². The van der Waals surface area contributed by atoms with Crippen LogP contribution in [0.3, 0.4) is 0 Å². The molecule has 2 amide bonds. The van der Waals surface area contributed by atoms with Crippen LogP contribution in [0, 0.1) is 0 Å². The van der Waals surface area contributed by atoms with Crippen molar-refractivity contribution in [3.63, 3.8) is 0 Å². The molecule has 2 aromatic rings. The largest absolute Gasteiger partial charge is 0.508 e. The summed E-state index contributed by atoms with van der Waals surface area (Å²) in [7, 11) is 0. The van der Waals surface area contributed by atoms with Crippen molar-refractivity contribution >= 4 is 11.8 Å². The molecule has 4 rings (SSSR count). The number of nitrogens with zero attached hydrogens (tertiary/aromatic N) is 2. The minimum Gasteiger partial charge on any atom is -0.508 e. The summed E-state index contributed by atoms with van der Waals surface area (Å²) in [5.41, 5.74) is 7.38. The highest BCUT2D eigenvalue weighted by atomic mass is 16.5. The lowest BCUT2D eigenvalue weighted by atomic mass is 9.96. The molecule has 2 heterocycles. The summed E-state index contributed by atoms with van der Waals surface area (Å²) in [4.78, 5) is 27.1. The van der Waals surface area contributed by atoms with Gasteiger partial charge in [-0.15, -0.1) is 0 Å². The van der Waals surface area contributed by atoms with Crippen LogP contribution in [0.25, 0.3) is 0 Å². The molecule has 3 atom stereocenters. The van der Waals surface area contributed by atoms with Gasteiger partial charge in [0.05, 0.1) is 6.04 Å². The molecule has 0 spiro atoms. The predicted octanol–water partition coefficient (Wildman–Crippen LogP) is 1.94. The van der Waals surface area contributed by atoms with Crippen molar-refractivity contribution in [3.8, 4) is 5.75 Å². The van der Waals surface area contributed by atoms with Crippen LogP contribution in [0.2, 0.25) is 0 Å². The summed E-state index contributed by atoms with van der Waals surface area (Å²) in [6.07, 6.45) is 3.93. The maximum Gasteiger partial charge on any atom is 0.273 e. The van der Waals surface area contributed by atoms with Gasteiger partial charge in [-0.3, -0.25) is 9.59 Å². The fourth-order valence-corrected chi connectivity index (χ4v) is 4.03. The zero-order valence-corrected chi connectivity index (χ0v) is 17.1. The van der Waals surface area contributed by atoms with E-state index in [9.17, 15) is 14.7 Å². The van der Waals surface area contributed by atoms with Crippen LogP contribution in [-0.4, -0.2) is 51.6 Å². The number of aromatic nitrogens is 1. The monoisotopic (exact) mass is 412 g/mol. The van der Waals surface area contributed by atoms with Crippen LogP contribution in [0.1, 0.15) is 60.3 Å². The van der Waals surface area contributed by atoms with Crippen LogP contribution in [0.15, 0.2) is 34.9 Å². The summed E-state index contributed by atoms with van der Waals surface area (Å²) < 4.78 is 5.26. The first kappa shape index (κ1) is 20.4. The number of amides is 2. The molecule has 1 aromatic carbocycles. The van der Waals surface area contributed by atoms with Gasteiger partial charge >= 0.3 is 0 Å². The normalized spacial score (nSPS) is 22.5. The average molecular weight is 412 g/mol. The summed E-state index contributed by atoms with van der Waals surface area (Å²) in [5.74, 6) is 1.07. The molecule has 8 heteroatoms. The van der Waals surface area contributed by atoms with Gasteiger partial charge in [0.1, 0.15) is 11.5 Å². The van der Waals surface area contributed by atoms with E-state index in [2.05, 4.69) is 10.5 Å². The number of rotatable bonds is 6. The van der Waals surface area contributed by atoms with Crippen LogP contribution < -0.4 is 11.1 Å². The van der Waals surface area contributed by atoms with Gasteiger partial charge in [0.2, 0.25) is 5.91 Å². The number of carbonyl (C=O) groups is 2. The molecular formula is C22H28N4O4. The fourth-order valence-electron chi connectivity index (χ4n) is 4.03. The van der Waals surface area contributed by atoms with Crippen LogP contribution in [0.5, 0.6) is 5.75 Å². The molecule has 1 aliphatic carbocycles. The smallest absolute Gasteiger partial charge is 0.273 e. The number of benzene rings is 1. The molecule has 30 heavy (non-hydrogen) atoms. The Balaban J connectivity index is 1.28. The highest BCUT2D eigenvalue weighted by Gasteiger charge is 2.33. The molecule has 1 aromatic heterocycles. The van der Waals surface area contributed by atoms with Gasteiger partial charge < -0.3 is 25.6 Å². The molecule has 8 nitrogen and oxygen atoms in total. The van der Waals surface area contributed by atoms with E-state index in [0.29, 0.717) is 37.4 Å². The summed E-state index contributed by atoms with van der Waals surface area (Å²) in [6, 6.07) is 7.76. The highest BCUT2D eigenvalue weighted by molar-refractivity contribution is 5.92. The first-order valence-corrected chi connectivity index (χ1v) is 10.5. The number of piperidine rings is 1. The number of phenols is 1. The van der Waals surface area contributed by atoms with E-state index >= 15 is 0 Å². The molecule has 2 aliphatic rings. The van der Waals surface area contributed by atoms with E-state index in [0.717, 1.165) is 24.2 Å².